The van der Waals surface area contributed by atoms with Crippen molar-refractivity contribution in [2.75, 3.05) is 6.54 Å². The molecule has 2 fully saturated rings. The van der Waals surface area contributed by atoms with Gasteiger partial charge < -0.3 is 5.32 Å². The fourth-order valence-electron chi connectivity index (χ4n) is 4.32. The van der Waals surface area contributed by atoms with Crippen LogP contribution in [0.15, 0.2) is 29.4 Å². The van der Waals surface area contributed by atoms with Crippen LogP contribution >= 0.6 is 11.3 Å². The normalized spacial score (nSPS) is 21.0. The van der Waals surface area contributed by atoms with Gasteiger partial charge >= 0.3 is 0 Å². The van der Waals surface area contributed by atoms with Gasteiger partial charge in [-0.15, -0.1) is 10.2 Å². The number of hydrogen-bond donors (Lipinski definition) is 2. The molecule has 12 heteroatoms. The molecule has 2 aliphatic carbocycles. The molecular weight excluding hydrogens is 470 g/mol. The highest BCUT2D eigenvalue weighted by molar-refractivity contribution is 7.89. The quantitative estimate of drug-likeness (QED) is 0.546. The van der Waals surface area contributed by atoms with E-state index in [9.17, 15) is 17.2 Å². The van der Waals surface area contributed by atoms with E-state index in [1.807, 2.05) is 6.92 Å². The zero-order chi connectivity index (χ0) is 23.0. The van der Waals surface area contributed by atoms with Crippen molar-refractivity contribution >= 4 is 32.4 Å². The molecule has 0 saturated heterocycles. The molecule has 1 aliphatic heterocycles. The summed E-state index contributed by atoms with van der Waals surface area (Å²) >= 11 is 0.753. The van der Waals surface area contributed by atoms with E-state index in [4.69, 9.17) is 0 Å². The van der Waals surface area contributed by atoms with E-state index in [2.05, 4.69) is 31.3 Å². The van der Waals surface area contributed by atoms with Gasteiger partial charge in [0.15, 0.2) is 15.8 Å². The molecule has 2 saturated carbocycles. The van der Waals surface area contributed by atoms with Crippen LogP contribution in [0.5, 0.6) is 0 Å². The average Bonchev–Trinajstić information content (AvgIpc) is 3.53. The van der Waals surface area contributed by atoms with Crippen molar-refractivity contribution < 1.29 is 17.2 Å². The lowest BCUT2D eigenvalue weighted by Gasteiger charge is -2.25. The maximum absolute atomic E-state index is 13.3. The summed E-state index contributed by atoms with van der Waals surface area (Å²) in [5, 5.41) is 10.8. The summed E-state index contributed by atoms with van der Waals surface area (Å²) < 4.78 is 57.1. The number of nitrogens with zero attached hydrogens (tertiary/aromatic N) is 4. The standard InChI is InChI=1S/C21H22F2N6O2S2/c1-20(3-4-20)28-33(30,31)13-8-14(12-2-7-25-21(9-12)5-6-21)15-10-24-17(29(15)11-13)19-27-26-18(32-19)16(22)23/h2,8,10-11,16,25,28H,3-7,9H2,1H3. The summed E-state index contributed by atoms with van der Waals surface area (Å²) in [5.74, 6) is 0.293. The molecule has 3 aromatic heterocycles. The van der Waals surface area contributed by atoms with Gasteiger partial charge in [0.1, 0.15) is 0 Å². The smallest absolute Gasteiger partial charge is 0.291 e. The van der Waals surface area contributed by atoms with Gasteiger partial charge in [0.2, 0.25) is 10.0 Å². The van der Waals surface area contributed by atoms with Crippen molar-refractivity contribution in [3.05, 3.63) is 35.1 Å². The first-order valence-corrected chi connectivity index (χ1v) is 13.1. The van der Waals surface area contributed by atoms with Crippen molar-refractivity contribution in [3.8, 4) is 10.8 Å². The van der Waals surface area contributed by atoms with Crippen LogP contribution in [-0.2, 0) is 10.0 Å². The maximum Gasteiger partial charge on any atom is 0.291 e. The number of pyridine rings is 1. The molecule has 0 unspecified atom stereocenters. The minimum atomic E-state index is -3.80. The molecule has 0 bridgehead atoms. The average molecular weight is 493 g/mol. The van der Waals surface area contributed by atoms with Gasteiger partial charge in [0, 0.05) is 29.4 Å². The van der Waals surface area contributed by atoms with Crippen LogP contribution in [0.3, 0.4) is 0 Å². The maximum atomic E-state index is 13.3. The predicted octanol–water partition coefficient (Wildman–Crippen LogP) is 3.53. The highest BCUT2D eigenvalue weighted by Crippen LogP contribution is 2.46. The zero-order valence-electron chi connectivity index (χ0n) is 17.8. The Bertz CT molecular complexity index is 1400. The number of hydrogen-bond acceptors (Lipinski definition) is 7. The van der Waals surface area contributed by atoms with Crippen molar-refractivity contribution in [1.29, 1.82) is 0 Å². The fourth-order valence-corrected chi connectivity index (χ4v) is 6.50. The monoisotopic (exact) mass is 492 g/mol. The van der Waals surface area contributed by atoms with Crippen LogP contribution in [-0.4, -0.2) is 45.6 Å². The van der Waals surface area contributed by atoms with Crippen molar-refractivity contribution in [3.63, 3.8) is 0 Å². The molecule has 6 rings (SSSR count). The molecule has 3 aliphatic rings. The highest BCUT2D eigenvalue weighted by Gasteiger charge is 2.44. The Morgan fingerprint density at radius 3 is 2.70 bits per heavy atom. The number of sulfonamides is 1. The first-order chi connectivity index (χ1) is 15.7. The molecule has 0 aromatic carbocycles. The number of rotatable bonds is 6. The topological polar surface area (TPSA) is 101 Å². The molecule has 2 N–H and O–H groups in total. The van der Waals surface area contributed by atoms with E-state index in [1.165, 1.54) is 6.20 Å². The van der Waals surface area contributed by atoms with Gasteiger partial charge in [0.05, 0.1) is 16.6 Å². The van der Waals surface area contributed by atoms with E-state index in [1.54, 1.807) is 16.7 Å². The third-order valence-corrected chi connectivity index (χ3v) is 9.21. The Balaban J connectivity index is 1.52. The van der Waals surface area contributed by atoms with Crippen molar-refractivity contribution in [1.82, 2.24) is 29.6 Å². The number of imidazole rings is 1. The van der Waals surface area contributed by atoms with Crippen LogP contribution in [0, 0.1) is 0 Å². The second kappa shape index (κ2) is 7.11. The van der Waals surface area contributed by atoms with Crippen LogP contribution in [0.1, 0.15) is 56.0 Å². The Hall–Kier alpha value is -2.28. The lowest BCUT2D eigenvalue weighted by molar-refractivity contribution is 0.150. The minimum Gasteiger partial charge on any atom is -0.307 e. The Morgan fingerprint density at radius 2 is 2.03 bits per heavy atom. The minimum absolute atomic E-state index is 0.0872. The molecule has 3 aromatic rings. The molecule has 0 radical (unpaired) electrons. The number of halogens is 2. The molecule has 0 amide bonds. The van der Waals surface area contributed by atoms with E-state index in [0.29, 0.717) is 17.9 Å². The summed E-state index contributed by atoms with van der Waals surface area (Å²) in [6.45, 7) is 2.59. The summed E-state index contributed by atoms with van der Waals surface area (Å²) in [5.41, 5.74) is 2.21. The molecule has 0 atom stereocenters. The molecule has 174 valence electrons. The van der Waals surface area contributed by atoms with E-state index in [-0.39, 0.29) is 15.4 Å². The van der Waals surface area contributed by atoms with E-state index >= 15 is 0 Å². The molecule has 4 heterocycles. The second-order valence-electron chi connectivity index (χ2n) is 9.41. The van der Waals surface area contributed by atoms with Crippen molar-refractivity contribution in [2.24, 2.45) is 0 Å². The lowest BCUT2D eigenvalue weighted by Crippen LogP contribution is -2.35. The van der Waals surface area contributed by atoms with Gasteiger partial charge in [-0.25, -0.2) is 26.9 Å². The fraction of sp³-hybridized carbons (Fsp3) is 0.476. The molecule has 8 nitrogen and oxygen atoms in total. The zero-order valence-corrected chi connectivity index (χ0v) is 19.4. The Labute approximate surface area is 193 Å². The van der Waals surface area contributed by atoms with Crippen molar-refractivity contribution in [2.45, 2.75) is 61.4 Å². The van der Waals surface area contributed by atoms with Crippen LogP contribution in [0.2, 0.25) is 0 Å². The number of alkyl halides is 2. The van der Waals surface area contributed by atoms with Crippen LogP contribution in [0.25, 0.3) is 21.9 Å². The first-order valence-electron chi connectivity index (χ1n) is 10.8. The second-order valence-corrected chi connectivity index (χ2v) is 12.1. The van der Waals surface area contributed by atoms with E-state index < -0.39 is 27.0 Å². The third kappa shape index (κ3) is 3.78. The van der Waals surface area contributed by atoms with Gasteiger partial charge in [-0.2, -0.15) is 0 Å². The van der Waals surface area contributed by atoms with E-state index in [0.717, 1.165) is 54.6 Å². The van der Waals surface area contributed by atoms with Crippen LogP contribution in [0.4, 0.5) is 8.78 Å². The summed E-state index contributed by atoms with van der Waals surface area (Å²) in [6.07, 6.45) is 7.04. The van der Waals surface area contributed by atoms with Gasteiger partial charge in [-0.3, -0.25) is 4.40 Å². The largest absolute Gasteiger partial charge is 0.307 e. The molecule has 1 spiro atoms. The molecule has 33 heavy (non-hydrogen) atoms. The number of aromatic nitrogens is 4. The Kier molecular flexibility index (Phi) is 4.58. The Morgan fingerprint density at radius 1 is 1.24 bits per heavy atom. The number of fused-ring (bicyclic) bond motifs is 1. The first kappa shape index (κ1) is 21.3. The van der Waals surface area contributed by atoms with Gasteiger partial charge in [0.25, 0.3) is 6.43 Å². The summed E-state index contributed by atoms with van der Waals surface area (Å²) in [6, 6.07) is 1.70. The van der Waals surface area contributed by atoms with Gasteiger partial charge in [-0.1, -0.05) is 17.4 Å². The summed E-state index contributed by atoms with van der Waals surface area (Å²) in [4.78, 5) is 4.54. The lowest BCUT2D eigenvalue weighted by atomic mass is 9.94. The SMILES string of the molecule is CC1(NS(=O)(=O)c2cc(C3=CCNC4(CC4)C3)c3cnc(-c4nnc(C(F)F)s4)n3c2)CC1. The summed E-state index contributed by atoms with van der Waals surface area (Å²) in [7, 11) is -3.80. The third-order valence-electron chi connectivity index (χ3n) is 6.68. The molecular formula is C21H22F2N6O2S2. The van der Waals surface area contributed by atoms with Crippen LogP contribution < -0.4 is 10.0 Å². The number of nitrogens with one attached hydrogen (secondary N) is 2. The highest BCUT2D eigenvalue weighted by atomic mass is 32.2. The van der Waals surface area contributed by atoms with Gasteiger partial charge in [-0.05, 0) is 50.7 Å². The predicted molar refractivity (Wildman–Crippen MR) is 120 cm³/mol.